The van der Waals surface area contributed by atoms with Crippen molar-refractivity contribution in [1.82, 2.24) is 9.62 Å². The number of sulfonamides is 1. The summed E-state index contributed by atoms with van der Waals surface area (Å²) < 4.78 is 51.5. The van der Waals surface area contributed by atoms with Crippen molar-refractivity contribution in [2.24, 2.45) is 5.92 Å². The van der Waals surface area contributed by atoms with E-state index >= 15 is 0 Å². The maximum Gasteiger partial charge on any atom is 0.251 e. The van der Waals surface area contributed by atoms with Crippen LogP contribution in [0.5, 0.6) is 0 Å². The molecule has 2 saturated heterocycles. The van der Waals surface area contributed by atoms with Crippen molar-refractivity contribution in [3.8, 4) is 0 Å². The van der Waals surface area contributed by atoms with Gasteiger partial charge in [0, 0.05) is 23.1 Å². The highest BCUT2D eigenvalue weighted by atomic mass is 79.9. The van der Waals surface area contributed by atoms with Crippen molar-refractivity contribution >= 4 is 41.7 Å². The van der Waals surface area contributed by atoms with Crippen LogP contribution in [-0.2, 0) is 19.9 Å². The third kappa shape index (κ3) is 4.60. The molecule has 0 saturated carbocycles. The predicted molar refractivity (Wildman–Crippen MR) is 110 cm³/mol. The molecular formula is C18H25BrN2O5S2. The fourth-order valence-corrected chi connectivity index (χ4v) is 8.18. The molecule has 0 bridgehead atoms. The summed E-state index contributed by atoms with van der Waals surface area (Å²) in [7, 11) is -6.89. The average molecular weight is 493 g/mol. The van der Waals surface area contributed by atoms with Crippen molar-refractivity contribution < 1.29 is 21.6 Å². The third-order valence-corrected chi connectivity index (χ3v) is 10.3. The minimum absolute atomic E-state index is 0.0388. The second-order valence-electron chi connectivity index (χ2n) is 8.09. The fraction of sp³-hybridized carbons (Fsp3) is 0.611. The maximum absolute atomic E-state index is 13.1. The Bertz CT molecular complexity index is 985. The number of sulfone groups is 1. The Hall–Kier alpha value is -0.970. The molecular weight excluding hydrogens is 468 g/mol. The van der Waals surface area contributed by atoms with Gasteiger partial charge in [-0.15, -0.1) is 0 Å². The van der Waals surface area contributed by atoms with Gasteiger partial charge in [0.2, 0.25) is 10.0 Å². The van der Waals surface area contributed by atoms with E-state index in [-0.39, 0.29) is 22.0 Å². The Balaban J connectivity index is 1.84. The van der Waals surface area contributed by atoms with Gasteiger partial charge in [-0.25, -0.2) is 16.8 Å². The van der Waals surface area contributed by atoms with Gasteiger partial charge in [-0.05, 0) is 66.2 Å². The number of piperidine rings is 1. The highest BCUT2D eigenvalue weighted by molar-refractivity contribution is 9.10. The molecule has 1 aromatic rings. The van der Waals surface area contributed by atoms with Gasteiger partial charge in [0.05, 0.1) is 21.9 Å². The number of carbonyl (C=O) groups is 1. The highest BCUT2D eigenvalue weighted by Gasteiger charge is 2.40. The molecule has 1 atom stereocenters. The Morgan fingerprint density at radius 2 is 1.93 bits per heavy atom. The smallest absolute Gasteiger partial charge is 0.251 e. The summed E-state index contributed by atoms with van der Waals surface area (Å²) in [6.45, 7) is 4.72. The molecule has 0 aromatic heterocycles. The lowest BCUT2D eigenvalue weighted by Gasteiger charge is -2.30. The van der Waals surface area contributed by atoms with Crippen LogP contribution in [0.3, 0.4) is 0 Å². The van der Waals surface area contributed by atoms with Gasteiger partial charge >= 0.3 is 0 Å². The zero-order chi connectivity index (χ0) is 20.7. The first-order chi connectivity index (χ1) is 12.9. The van der Waals surface area contributed by atoms with Crippen LogP contribution in [-0.4, -0.2) is 57.2 Å². The molecule has 7 nitrogen and oxygen atoms in total. The van der Waals surface area contributed by atoms with Crippen LogP contribution < -0.4 is 5.32 Å². The molecule has 2 aliphatic heterocycles. The van der Waals surface area contributed by atoms with Crippen LogP contribution in [0.15, 0.2) is 27.6 Å². The summed E-state index contributed by atoms with van der Waals surface area (Å²) in [5.41, 5.74) is -0.650. The largest absolute Gasteiger partial charge is 0.346 e. The van der Waals surface area contributed by atoms with E-state index in [0.717, 1.165) is 12.8 Å². The summed E-state index contributed by atoms with van der Waals surface area (Å²) in [6.07, 6.45) is 1.96. The number of nitrogens with zero attached hydrogens (tertiary/aromatic N) is 1. The lowest BCUT2D eigenvalue weighted by Crippen LogP contribution is -2.47. The molecule has 0 spiro atoms. The first-order valence-electron chi connectivity index (χ1n) is 9.25. The van der Waals surface area contributed by atoms with Gasteiger partial charge < -0.3 is 5.32 Å². The molecule has 28 heavy (non-hydrogen) atoms. The van der Waals surface area contributed by atoms with E-state index in [1.807, 2.05) is 0 Å². The number of amides is 1. The molecule has 156 valence electrons. The number of nitrogens with one attached hydrogen (secondary N) is 1. The Labute approximate surface area is 175 Å². The van der Waals surface area contributed by atoms with Crippen LogP contribution >= 0.6 is 15.9 Å². The molecule has 1 N–H and O–H groups in total. The van der Waals surface area contributed by atoms with Crippen molar-refractivity contribution in [3.05, 3.63) is 28.2 Å². The number of hydrogen-bond donors (Lipinski definition) is 1. The fourth-order valence-electron chi connectivity index (χ4n) is 3.66. The van der Waals surface area contributed by atoms with Crippen LogP contribution in [0.4, 0.5) is 0 Å². The number of benzene rings is 1. The van der Waals surface area contributed by atoms with Crippen LogP contribution in [0.25, 0.3) is 0 Å². The lowest BCUT2D eigenvalue weighted by molar-refractivity contribution is 0.0915. The lowest BCUT2D eigenvalue weighted by atomic mass is 10.0. The van der Waals surface area contributed by atoms with E-state index in [9.17, 15) is 21.6 Å². The summed E-state index contributed by atoms with van der Waals surface area (Å²) in [5.74, 6) is -0.0532. The van der Waals surface area contributed by atoms with E-state index in [1.165, 1.54) is 16.4 Å². The molecule has 3 rings (SSSR count). The molecule has 2 fully saturated rings. The normalized spacial score (nSPS) is 26.2. The maximum atomic E-state index is 13.1. The van der Waals surface area contributed by atoms with Crippen LogP contribution in [0.1, 0.15) is 43.5 Å². The Morgan fingerprint density at radius 1 is 1.29 bits per heavy atom. The Kier molecular flexibility index (Phi) is 5.97. The Morgan fingerprint density at radius 3 is 2.50 bits per heavy atom. The summed E-state index contributed by atoms with van der Waals surface area (Å²) in [6, 6.07) is 4.44. The molecule has 0 radical (unpaired) electrons. The van der Waals surface area contributed by atoms with E-state index in [1.54, 1.807) is 13.0 Å². The summed E-state index contributed by atoms with van der Waals surface area (Å²) >= 11 is 3.29. The molecule has 2 aliphatic rings. The summed E-state index contributed by atoms with van der Waals surface area (Å²) in [5, 5.41) is 2.77. The zero-order valence-corrected chi connectivity index (χ0v) is 19.2. The quantitative estimate of drug-likeness (QED) is 0.693. The highest BCUT2D eigenvalue weighted by Crippen LogP contribution is 2.30. The van der Waals surface area contributed by atoms with Crippen LogP contribution in [0.2, 0.25) is 0 Å². The van der Waals surface area contributed by atoms with E-state index in [4.69, 9.17) is 0 Å². The van der Waals surface area contributed by atoms with Crippen molar-refractivity contribution in [3.63, 3.8) is 0 Å². The third-order valence-electron chi connectivity index (χ3n) is 5.47. The molecule has 2 heterocycles. The van der Waals surface area contributed by atoms with Gasteiger partial charge in [-0.3, -0.25) is 4.79 Å². The van der Waals surface area contributed by atoms with E-state index < -0.39 is 31.3 Å². The molecule has 1 aromatic carbocycles. The predicted octanol–water partition coefficient (Wildman–Crippen LogP) is 2.18. The molecule has 1 amide bonds. The molecule has 10 heteroatoms. The first kappa shape index (κ1) is 21.7. The average Bonchev–Trinajstić information content (AvgIpc) is 2.88. The second-order valence-corrected chi connectivity index (χ2v) is 13.0. The van der Waals surface area contributed by atoms with Crippen molar-refractivity contribution in [2.75, 3.05) is 24.6 Å². The monoisotopic (exact) mass is 492 g/mol. The number of halogens is 1. The number of carbonyl (C=O) groups excluding carboxylic acids is 1. The van der Waals surface area contributed by atoms with Gasteiger partial charge in [0.1, 0.15) is 0 Å². The SMILES string of the molecule is CC1CCN(S(=O)(=O)c2cc(C(=O)N[C@@]3(C)CCS(=O)(=O)C3)ccc2Br)CC1. The van der Waals surface area contributed by atoms with Gasteiger partial charge in [-0.2, -0.15) is 4.31 Å². The topological polar surface area (TPSA) is 101 Å². The minimum Gasteiger partial charge on any atom is -0.346 e. The van der Waals surface area contributed by atoms with Crippen molar-refractivity contribution in [1.29, 1.82) is 0 Å². The van der Waals surface area contributed by atoms with Gasteiger partial charge in [0.25, 0.3) is 5.91 Å². The minimum atomic E-state index is -3.72. The zero-order valence-electron chi connectivity index (χ0n) is 15.9. The molecule has 0 unspecified atom stereocenters. The van der Waals surface area contributed by atoms with Crippen LogP contribution in [0, 0.1) is 5.92 Å². The number of rotatable bonds is 4. The molecule has 0 aliphatic carbocycles. The van der Waals surface area contributed by atoms with Gasteiger partial charge in [-0.1, -0.05) is 6.92 Å². The van der Waals surface area contributed by atoms with Crippen molar-refractivity contribution in [2.45, 2.75) is 43.5 Å². The van der Waals surface area contributed by atoms with Gasteiger partial charge in [0.15, 0.2) is 9.84 Å². The second kappa shape index (κ2) is 7.70. The van der Waals surface area contributed by atoms with E-state index in [2.05, 4.69) is 28.2 Å². The summed E-state index contributed by atoms with van der Waals surface area (Å²) in [4.78, 5) is 12.8. The standard InChI is InChI=1S/C18H25BrN2O5S2/c1-13-5-8-21(9-6-13)28(25,26)16-11-14(3-4-15(16)19)17(22)20-18(2)7-10-27(23,24)12-18/h3-4,11,13H,5-10,12H2,1-2H3,(H,20,22)/t18-/m0/s1. The number of hydrogen-bond acceptors (Lipinski definition) is 5. The first-order valence-corrected chi connectivity index (χ1v) is 13.3. The van der Waals surface area contributed by atoms with E-state index in [0.29, 0.717) is 29.9 Å².